The van der Waals surface area contributed by atoms with Gasteiger partial charge in [0.15, 0.2) is 0 Å². The summed E-state index contributed by atoms with van der Waals surface area (Å²) in [5, 5.41) is 4.33. The molecular weight excluding hydrogens is 246 g/mol. The molecule has 0 bridgehead atoms. The highest BCUT2D eigenvalue weighted by Gasteiger charge is 2.19. The molecule has 3 rings (SSSR count). The fourth-order valence-corrected chi connectivity index (χ4v) is 2.56. The molecule has 1 N–H and O–H groups in total. The van der Waals surface area contributed by atoms with Crippen molar-refractivity contribution in [3.05, 3.63) is 47.5 Å². The number of rotatable bonds is 3. The number of furan rings is 1. The first-order valence-electron chi connectivity index (χ1n) is 5.73. The molecule has 92 valence electrons. The van der Waals surface area contributed by atoms with E-state index in [1.165, 1.54) is 11.7 Å². The van der Waals surface area contributed by atoms with Gasteiger partial charge in [-0.1, -0.05) is 18.2 Å². The number of nitrogens with zero attached hydrogens (tertiary/aromatic N) is 2. The topological polar surface area (TPSA) is 51.0 Å². The van der Waals surface area contributed by atoms with Crippen LogP contribution in [0.3, 0.4) is 0 Å². The number of hydrogen-bond acceptors (Lipinski definition) is 5. The van der Waals surface area contributed by atoms with Crippen molar-refractivity contribution in [1.82, 2.24) is 14.1 Å². The molecule has 0 aliphatic heterocycles. The SMILES string of the molecule is CNC(c1cnsn1)c1cc2cccc(C)c2o1. The summed E-state index contributed by atoms with van der Waals surface area (Å²) in [6.07, 6.45) is 1.77. The predicted octanol–water partition coefficient (Wildman–Crippen LogP) is 2.90. The Bertz CT molecular complexity index is 660. The van der Waals surface area contributed by atoms with E-state index in [0.29, 0.717) is 0 Å². The van der Waals surface area contributed by atoms with Gasteiger partial charge < -0.3 is 9.73 Å². The van der Waals surface area contributed by atoms with E-state index in [9.17, 15) is 0 Å². The summed E-state index contributed by atoms with van der Waals surface area (Å²) in [4.78, 5) is 0. The van der Waals surface area contributed by atoms with E-state index < -0.39 is 0 Å². The molecule has 0 aliphatic rings. The van der Waals surface area contributed by atoms with Crippen LogP contribution >= 0.6 is 11.7 Å². The van der Waals surface area contributed by atoms with Crippen LogP contribution in [0.2, 0.25) is 0 Å². The third kappa shape index (κ3) is 1.81. The summed E-state index contributed by atoms with van der Waals surface area (Å²) in [5.74, 6) is 0.870. The summed E-state index contributed by atoms with van der Waals surface area (Å²) in [5.41, 5.74) is 2.97. The average molecular weight is 259 g/mol. The fourth-order valence-electron chi connectivity index (χ4n) is 2.11. The van der Waals surface area contributed by atoms with Crippen LogP contribution in [0.4, 0.5) is 0 Å². The van der Waals surface area contributed by atoms with Gasteiger partial charge in [0.25, 0.3) is 0 Å². The number of benzene rings is 1. The van der Waals surface area contributed by atoms with Crippen molar-refractivity contribution in [1.29, 1.82) is 0 Å². The van der Waals surface area contributed by atoms with E-state index in [4.69, 9.17) is 4.42 Å². The maximum atomic E-state index is 5.95. The van der Waals surface area contributed by atoms with Crippen molar-refractivity contribution < 1.29 is 4.42 Å². The largest absolute Gasteiger partial charge is 0.459 e. The van der Waals surface area contributed by atoms with Gasteiger partial charge in [-0.2, -0.15) is 8.75 Å². The number of fused-ring (bicyclic) bond motifs is 1. The van der Waals surface area contributed by atoms with Crippen LogP contribution < -0.4 is 5.32 Å². The molecule has 2 heterocycles. The lowest BCUT2D eigenvalue weighted by molar-refractivity contribution is 0.486. The van der Waals surface area contributed by atoms with Crippen molar-refractivity contribution in [2.75, 3.05) is 7.05 Å². The molecule has 4 nitrogen and oxygen atoms in total. The Morgan fingerprint density at radius 1 is 1.39 bits per heavy atom. The standard InChI is InChI=1S/C13H13N3OS/c1-8-4-3-5-9-6-11(17-13(8)9)12(14-2)10-7-15-18-16-10/h3-7,12,14H,1-2H3. The highest BCUT2D eigenvalue weighted by atomic mass is 32.1. The molecule has 0 saturated heterocycles. The molecule has 18 heavy (non-hydrogen) atoms. The minimum absolute atomic E-state index is 0.0458. The van der Waals surface area contributed by atoms with E-state index in [1.807, 2.05) is 26.1 Å². The second kappa shape index (κ2) is 4.51. The summed E-state index contributed by atoms with van der Waals surface area (Å²) < 4.78 is 14.3. The first-order valence-corrected chi connectivity index (χ1v) is 6.46. The van der Waals surface area contributed by atoms with Gasteiger partial charge in [0.05, 0.1) is 23.6 Å². The quantitative estimate of drug-likeness (QED) is 0.785. The van der Waals surface area contributed by atoms with Gasteiger partial charge in [-0.05, 0) is 25.6 Å². The van der Waals surface area contributed by atoms with Gasteiger partial charge >= 0.3 is 0 Å². The van der Waals surface area contributed by atoms with Crippen molar-refractivity contribution in [2.45, 2.75) is 13.0 Å². The van der Waals surface area contributed by atoms with Crippen LogP contribution in [0.15, 0.2) is 34.9 Å². The van der Waals surface area contributed by atoms with Crippen molar-refractivity contribution in [3.8, 4) is 0 Å². The molecule has 0 radical (unpaired) electrons. The normalized spacial score (nSPS) is 13.0. The van der Waals surface area contributed by atoms with Gasteiger partial charge in [0.2, 0.25) is 0 Å². The first kappa shape index (κ1) is 11.4. The van der Waals surface area contributed by atoms with E-state index >= 15 is 0 Å². The lowest BCUT2D eigenvalue weighted by atomic mass is 10.1. The highest BCUT2D eigenvalue weighted by Crippen LogP contribution is 2.28. The van der Waals surface area contributed by atoms with Crippen molar-refractivity contribution >= 4 is 22.7 Å². The average Bonchev–Trinajstić information content (AvgIpc) is 3.00. The van der Waals surface area contributed by atoms with E-state index in [-0.39, 0.29) is 6.04 Å². The Balaban J connectivity index is 2.11. The molecule has 0 amide bonds. The summed E-state index contributed by atoms with van der Waals surface area (Å²) in [6, 6.07) is 8.16. The number of hydrogen-bond donors (Lipinski definition) is 1. The molecular formula is C13H13N3OS. The third-order valence-electron chi connectivity index (χ3n) is 3.01. The number of aromatic nitrogens is 2. The second-order valence-electron chi connectivity index (χ2n) is 4.20. The van der Waals surface area contributed by atoms with E-state index in [0.717, 1.165) is 28.0 Å². The van der Waals surface area contributed by atoms with Gasteiger partial charge in [-0.25, -0.2) is 0 Å². The van der Waals surface area contributed by atoms with Crippen molar-refractivity contribution in [2.24, 2.45) is 0 Å². The monoisotopic (exact) mass is 259 g/mol. The van der Waals surface area contributed by atoms with Crippen molar-refractivity contribution in [3.63, 3.8) is 0 Å². The van der Waals surface area contributed by atoms with Crippen LogP contribution in [0.1, 0.15) is 23.1 Å². The van der Waals surface area contributed by atoms with Crippen LogP contribution in [-0.4, -0.2) is 15.8 Å². The van der Waals surface area contributed by atoms with Gasteiger partial charge in [0, 0.05) is 5.39 Å². The van der Waals surface area contributed by atoms with Crippen LogP contribution in [0, 0.1) is 6.92 Å². The molecule has 0 spiro atoms. The molecule has 0 saturated carbocycles. The Kier molecular flexibility index (Phi) is 2.85. The maximum Gasteiger partial charge on any atom is 0.137 e. The van der Waals surface area contributed by atoms with Crippen LogP contribution in [0.25, 0.3) is 11.0 Å². The Morgan fingerprint density at radius 3 is 2.94 bits per heavy atom. The molecule has 2 aromatic heterocycles. The molecule has 1 aromatic carbocycles. The van der Waals surface area contributed by atoms with Gasteiger partial charge in [-0.15, -0.1) is 0 Å². The van der Waals surface area contributed by atoms with E-state index in [1.54, 1.807) is 6.20 Å². The Labute approximate surface area is 109 Å². The summed E-state index contributed by atoms with van der Waals surface area (Å²) in [6.45, 7) is 2.05. The molecule has 1 atom stereocenters. The number of para-hydroxylation sites is 1. The van der Waals surface area contributed by atoms with Gasteiger partial charge in [0.1, 0.15) is 17.4 Å². The third-order valence-corrected chi connectivity index (χ3v) is 3.50. The molecule has 1 unspecified atom stereocenters. The predicted molar refractivity (Wildman–Crippen MR) is 71.8 cm³/mol. The molecule has 3 aromatic rings. The zero-order valence-electron chi connectivity index (χ0n) is 10.2. The highest BCUT2D eigenvalue weighted by molar-refractivity contribution is 6.99. The zero-order chi connectivity index (χ0) is 12.5. The molecule has 5 heteroatoms. The fraction of sp³-hybridized carbons (Fsp3) is 0.231. The lowest BCUT2D eigenvalue weighted by Gasteiger charge is -2.09. The second-order valence-corrected chi connectivity index (χ2v) is 4.75. The number of aryl methyl sites for hydroxylation is 1. The Morgan fingerprint density at radius 2 is 2.28 bits per heavy atom. The summed E-state index contributed by atoms with van der Waals surface area (Å²) >= 11 is 1.21. The van der Waals surface area contributed by atoms with Gasteiger partial charge in [-0.3, -0.25) is 0 Å². The minimum Gasteiger partial charge on any atom is -0.459 e. The maximum absolute atomic E-state index is 5.95. The van der Waals surface area contributed by atoms with Crippen LogP contribution in [0.5, 0.6) is 0 Å². The first-order chi connectivity index (χ1) is 8.79. The smallest absolute Gasteiger partial charge is 0.137 e. The summed E-state index contributed by atoms with van der Waals surface area (Å²) in [7, 11) is 1.89. The zero-order valence-corrected chi connectivity index (χ0v) is 11.0. The lowest BCUT2D eigenvalue weighted by Crippen LogP contribution is -2.17. The number of nitrogens with one attached hydrogen (secondary N) is 1. The minimum atomic E-state index is -0.0458. The molecule has 0 fully saturated rings. The van der Waals surface area contributed by atoms with E-state index in [2.05, 4.69) is 26.2 Å². The Hall–Kier alpha value is -1.72. The van der Waals surface area contributed by atoms with Crippen LogP contribution in [-0.2, 0) is 0 Å². The molecule has 0 aliphatic carbocycles.